The number of carbonyl (C=O) groups excluding carboxylic acids is 3. The Hall–Kier alpha value is -3.56. The predicted octanol–water partition coefficient (Wildman–Crippen LogP) is 2.27. The summed E-state index contributed by atoms with van der Waals surface area (Å²) in [5.41, 5.74) is 1.72. The van der Waals surface area contributed by atoms with Crippen molar-refractivity contribution in [2.45, 2.75) is 40.3 Å². The highest BCUT2D eigenvalue weighted by Gasteiger charge is 2.16. The maximum Gasteiger partial charge on any atom is 0.338 e. The van der Waals surface area contributed by atoms with Gasteiger partial charge in [0.15, 0.2) is 18.1 Å². The maximum atomic E-state index is 12.2. The molecule has 0 aliphatic carbocycles. The van der Waals surface area contributed by atoms with Crippen molar-refractivity contribution in [3.05, 3.63) is 40.8 Å². The fourth-order valence-corrected chi connectivity index (χ4v) is 2.45. The number of aromatic nitrogens is 1. The van der Waals surface area contributed by atoms with Gasteiger partial charge in [-0.25, -0.2) is 9.59 Å². The molecule has 10 nitrogen and oxygen atoms in total. The van der Waals surface area contributed by atoms with Gasteiger partial charge in [-0.1, -0.05) is 5.16 Å². The molecular weight excluding hydrogens is 394 g/mol. The predicted molar refractivity (Wildman–Crippen MR) is 105 cm³/mol. The Morgan fingerprint density at radius 2 is 1.90 bits per heavy atom. The molecular formula is C20H25N3O7. The molecule has 0 radical (unpaired) electrons. The summed E-state index contributed by atoms with van der Waals surface area (Å²) in [6.07, 6.45) is 0. The largest absolute Gasteiger partial charge is 0.493 e. The number of imide groups is 1. The summed E-state index contributed by atoms with van der Waals surface area (Å²) in [7, 11) is 1.44. The third-order valence-corrected chi connectivity index (χ3v) is 3.96. The van der Waals surface area contributed by atoms with E-state index in [1.807, 2.05) is 6.92 Å². The van der Waals surface area contributed by atoms with Gasteiger partial charge in [-0.15, -0.1) is 0 Å². The summed E-state index contributed by atoms with van der Waals surface area (Å²) in [4.78, 5) is 35.4. The molecule has 30 heavy (non-hydrogen) atoms. The van der Waals surface area contributed by atoms with Gasteiger partial charge in [-0.05, 0) is 45.9 Å². The van der Waals surface area contributed by atoms with Gasteiger partial charge in [-0.2, -0.15) is 0 Å². The van der Waals surface area contributed by atoms with Crippen LogP contribution in [0.4, 0.5) is 4.79 Å². The van der Waals surface area contributed by atoms with Gasteiger partial charge in [0, 0.05) is 6.04 Å². The number of carbonyl (C=O) groups is 3. The second-order valence-electron chi connectivity index (χ2n) is 6.71. The van der Waals surface area contributed by atoms with Crippen molar-refractivity contribution < 1.29 is 33.1 Å². The molecule has 0 atom stereocenters. The lowest BCUT2D eigenvalue weighted by Crippen LogP contribution is -2.44. The maximum absolute atomic E-state index is 12.2. The number of hydrogen-bond acceptors (Lipinski definition) is 8. The summed E-state index contributed by atoms with van der Waals surface area (Å²) in [5.74, 6) is -0.0981. The highest BCUT2D eigenvalue weighted by Crippen LogP contribution is 2.29. The van der Waals surface area contributed by atoms with E-state index >= 15 is 0 Å². The van der Waals surface area contributed by atoms with Crippen molar-refractivity contribution in [1.82, 2.24) is 15.8 Å². The molecule has 10 heteroatoms. The number of benzene rings is 1. The minimum atomic E-state index is -0.745. The molecule has 2 N–H and O–H groups in total. The topological polar surface area (TPSA) is 129 Å². The molecule has 0 aliphatic rings. The number of rotatable bonds is 8. The van der Waals surface area contributed by atoms with Crippen LogP contribution < -0.4 is 20.1 Å². The van der Waals surface area contributed by atoms with Gasteiger partial charge in [0.25, 0.3) is 5.91 Å². The molecule has 1 heterocycles. The molecule has 0 fully saturated rings. The number of hydrogen-bond donors (Lipinski definition) is 2. The Labute approximate surface area is 173 Å². The van der Waals surface area contributed by atoms with E-state index in [9.17, 15) is 14.4 Å². The van der Waals surface area contributed by atoms with E-state index in [0.29, 0.717) is 17.3 Å². The van der Waals surface area contributed by atoms with Crippen LogP contribution >= 0.6 is 0 Å². The van der Waals surface area contributed by atoms with Crippen molar-refractivity contribution in [3.63, 3.8) is 0 Å². The molecule has 3 amide bonds. The van der Waals surface area contributed by atoms with Gasteiger partial charge in [0.1, 0.15) is 12.4 Å². The van der Waals surface area contributed by atoms with E-state index in [0.717, 1.165) is 11.3 Å². The number of methoxy groups -OCH3 is 1. The fraction of sp³-hybridized carbons (Fsp3) is 0.400. The van der Waals surface area contributed by atoms with Crippen LogP contribution in [0.2, 0.25) is 0 Å². The van der Waals surface area contributed by atoms with E-state index in [2.05, 4.69) is 15.8 Å². The Bertz CT molecular complexity index is 902. The second kappa shape index (κ2) is 10.3. The molecule has 162 valence electrons. The third kappa shape index (κ3) is 6.23. The third-order valence-electron chi connectivity index (χ3n) is 3.96. The first-order valence-corrected chi connectivity index (χ1v) is 9.21. The number of amides is 3. The number of urea groups is 1. The Balaban J connectivity index is 1.95. The first-order valence-electron chi connectivity index (χ1n) is 9.21. The molecule has 2 rings (SSSR count). The molecule has 0 saturated heterocycles. The lowest BCUT2D eigenvalue weighted by atomic mass is 10.2. The SMILES string of the molecule is COc1cc(C(=O)OCC(=O)NC(=O)NC(C)C)ccc1OCc1c(C)noc1C. The molecule has 0 spiro atoms. The number of nitrogens with one attached hydrogen (secondary N) is 2. The standard InChI is InChI=1S/C20H25N3O7/c1-11(2)21-20(26)22-18(24)10-29-19(25)14-6-7-16(17(8-14)27-5)28-9-15-12(3)23-30-13(15)4/h6-8,11H,9-10H2,1-5H3,(H2,21,22,24,26). The van der Waals surface area contributed by atoms with E-state index in [1.165, 1.54) is 19.2 Å². The lowest BCUT2D eigenvalue weighted by Gasteiger charge is -2.12. The monoisotopic (exact) mass is 419 g/mol. The fourth-order valence-electron chi connectivity index (χ4n) is 2.45. The van der Waals surface area contributed by atoms with Gasteiger partial charge in [-0.3, -0.25) is 10.1 Å². The molecule has 0 aliphatic heterocycles. The quantitative estimate of drug-likeness (QED) is 0.624. The minimum absolute atomic E-state index is 0.133. The second-order valence-corrected chi connectivity index (χ2v) is 6.71. The van der Waals surface area contributed by atoms with Gasteiger partial charge in [0.2, 0.25) is 0 Å². The Morgan fingerprint density at radius 3 is 2.50 bits per heavy atom. The van der Waals surface area contributed by atoms with Crippen LogP contribution in [-0.2, 0) is 16.1 Å². The average molecular weight is 419 g/mol. The first kappa shape index (κ1) is 22.7. The van der Waals surface area contributed by atoms with E-state index < -0.39 is 24.5 Å². The molecule has 0 saturated carbocycles. The number of nitrogens with zero attached hydrogens (tertiary/aromatic N) is 1. The lowest BCUT2D eigenvalue weighted by molar-refractivity contribution is -0.123. The highest BCUT2D eigenvalue weighted by atomic mass is 16.5. The zero-order chi connectivity index (χ0) is 22.3. The molecule has 2 aromatic rings. The molecule has 1 aromatic heterocycles. The van der Waals surface area contributed by atoms with Crippen molar-refractivity contribution in [2.75, 3.05) is 13.7 Å². The normalized spacial score (nSPS) is 10.5. The zero-order valence-electron chi connectivity index (χ0n) is 17.5. The number of ether oxygens (including phenoxy) is 3. The van der Waals surface area contributed by atoms with E-state index in [4.69, 9.17) is 18.7 Å². The van der Waals surface area contributed by atoms with Crippen LogP contribution in [0.3, 0.4) is 0 Å². The van der Waals surface area contributed by atoms with E-state index in [1.54, 1.807) is 26.8 Å². The van der Waals surface area contributed by atoms with Gasteiger partial charge >= 0.3 is 12.0 Å². The summed E-state index contributed by atoms with van der Waals surface area (Å²) in [5, 5.41) is 8.43. The number of esters is 1. The van der Waals surface area contributed by atoms with E-state index in [-0.39, 0.29) is 18.2 Å². The first-order chi connectivity index (χ1) is 14.2. The van der Waals surface area contributed by atoms with Crippen LogP contribution in [-0.4, -0.2) is 42.8 Å². The summed E-state index contributed by atoms with van der Waals surface area (Å²) in [6.45, 7) is 6.72. The Morgan fingerprint density at radius 1 is 1.17 bits per heavy atom. The smallest absolute Gasteiger partial charge is 0.338 e. The van der Waals surface area contributed by atoms with Crippen molar-refractivity contribution in [3.8, 4) is 11.5 Å². The van der Waals surface area contributed by atoms with Gasteiger partial charge in [0.05, 0.1) is 23.9 Å². The average Bonchev–Trinajstić information content (AvgIpc) is 3.01. The highest BCUT2D eigenvalue weighted by molar-refractivity contribution is 5.97. The van der Waals surface area contributed by atoms with Crippen LogP contribution in [0.1, 0.15) is 41.2 Å². The summed E-state index contributed by atoms with van der Waals surface area (Å²) in [6, 6.07) is 3.69. The molecule has 0 bridgehead atoms. The van der Waals surface area contributed by atoms with Crippen molar-refractivity contribution in [1.29, 1.82) is 0 Å². The van der Waals surface area contributed by atoms with Crippen LogP contribution in [0.25, 0.3) is 0 Å². The van der Waals surface area contributed by atoms with Crippen molar-refractivity contribution in [2.24, 2.45) is 0 Å². The molecule has 0 unspecified atom stereocenters. The van der Waals surface area contributed by atoms with Crippen LogP contribution in [0.15, 0.2) is 22.7 Å². The summed E-state index contributed by atoms with van der Waals surface area (Å²) < 4.78 is 21.1. The van der Waals surface area contributed by atoms with Crippen molar-refractivity contribution >= 4 is 17.9 Å². The van der Waals surface area contributed by atoms with Crippen LogP contribution in [0, 0.1) is 13.8 Å². The minimum Gasteiger partial charge on any atom is -0.493 e. The molecule has 1 aromatic carbocycles. The van der Waals surface area contributed by atoms with Gasteiger partial charge < -0.3 is 24.1 Å². The zero-order valence-corrected chi connectivity index (χ0v) is 17.5. The number of aryl methyl sites for hydroxylation is 2. The Kier molecular flexibility index (Phi) is 7.79. The summed E-state index contributed by atoms with van der Waals surface area (Å²) >= 11 is 0. The van der Waals surface area contributed by atoms with Crippen LogP contribution in [0.5, 0.6) is 11.5 Å².